The Kier molecular flexibility index (Phi) is 7.08. The van der Waals surface area contributed by atoms with Gasteiger partial charge in [0.15, 0.2) is 0 Å². The maximum absolute atomic E-state index is 4.68. The fraction of sp³-hybridized carbons (Fsp3) is 1.00. The van der Waals surface area contributed by atoms with E-state index in [1.165, 1.54) is 51.7 Å². The molecular weight excluding hydrogens is 238 g/mol. The largest absolute Gasteiger partial charge is 0.302 e. The van der Waals surface area contributed by atoms with E-state index in [0.29, 0.717) is 5.41 Å². The van der Waals surface area contributed by atoms with Gasteiger partial charge in [-0.05, 0) is 48.8 Å². The van der Waals surface area contributed by atoms with Crippen LogP contribution in [0.5, 0.6) is 0 Å². The third kappa shape index (κ3) is 4.45. The van der Waals surface area contributed by atoms with Crippen LogP contribution in [0.4, 0.5) is 0 Å². The summed E-state index contributed by atoms with van der Waals surface area (Å²) >= 11 is 4.68. The minimum Gasteiger partial charge on any atom is -0.302 e. The van der Waals surface area contributed by atoms with Crippen molar-refractivity contribution in [3.8, 4) is 0 Å². The molecule has 0 amide bonds. The van der Waals surface area contributed by atoms with Crippen LogP contribution in [0.2, 0.25) is 0 Å². The average Bonchev–Trinajstić information content (AvgIpc) is 2.34. The van der Waals surface area contributed by atoms with Gasteiger partial charge < -0.3 is 4.90 Å². The molecule has 1 aliphatic heterocycles. The molecule has 1 rings (SSSR count). The molecule has 2 unspecified atom stereocenters. The van der Waals surface area contributed by atoms with Crippen molar-refractivity contribution in [1.82, 2.24) is 4.90 Å². The molecule has 0 aliphatic carbocycles. The number of nitrogens with zero attached hydrogens (tertiary/aromatic N) is 1. The van der Waals surface area contributed by atoms with Crippen LogP contribution in [0.25, 0.3) is 0 Å². The van der Waals surface area contributed by atoms with Crippen molar-refractivity contribution in [2.45, 2.75) is 59.8 Å². The lowest BCUT2D eigenvalue weighted by atomic mass is 9.79. The smallest absolute Gasteiger partial charge is 0.00459 e. The topological polar surface area (TPSA) is 3.24 Å². The maximum Gasteiger partial charge on any atom is 0.00459 e. The number of hydrogen-bond acceptors (Lipinski definition) is 2. The van der Waals surface area contributed by atoms with Gasteiger partial charge in [0.25, 0.3) is 0 Å². The van der Waals surface area contributed by atoms with Gasteiger partial charge in [0.2, 0.25) is 0 Å². The van der Waals surface area contributed by atoms with Gasteiger partial charge >= 0.3 is 0 Å². The molecule has 0 aromatic heterocycles. The molecule has 1 heterocycles. The Hall–Kier alpha value is 0.310. The molecule has 108 valence electrons. The zero-order valence-corrected chi connectivity index (χ0v) is 13.8. The molecule has 2 atom stereocenters. The van der Waals surface area contributed by atoms with Gasteiger partial charge in [-0.3, -0.25) is 0 Å². The molecule has 1 aliphatic rings. The van der Waals surface area contributed by atoms with Crippen molar-refractivity contribution < 1.29 is 0 Å². The molecular formula is C16H33NS. The van der Waals surface area contributed by atoms with Crippen molar-refractivity contribution in [3.63, 3.8) is 0 Å². The molecule has 0 bridgehead atoms. The summed E-state index contributed by atoms with van der Waals surface area (Å²) < 4.78 is 0. The second-order valence-electron chi connectivity index (χ2n) is 6.64. The maximum atomic E-state index is 4.68. The molecule has 0 aromatic carbocycles. The molecule has 1 nitrogen and oxygen atoms in total. The van der Waals surface area contributed by atoms with Crippen LogP contribution in [0.1, 0.15) is 59.8 Å². The van der Waals surface area contributed by atoms with Crippen LogP contribution in [-0.2, 0) is 0 Å². The first-order chi connectivity index (χ1) is 8.56. The van der Waals surface area contributed by atoms with Gasteiger partial charge in [0.05, 0.1) is 0 Å². The summed E-state index contributed by atoms with van der Waals surface area (Å²) in [4.78, 5) is 2.71. The highest BCUT2D eigenvalue weighted by Gasteiger charge is 2.32. The summed E-state index contributed by atoms with van der Waals surface area (Å²) in [7, 11) is 0. The number of likely N-dealkylation sites (tertiary alicyclic amines) is 1. The quantitative estimate of drug-likeness (QED) is 0.668. The molecule has 1 fully saturated rings. The predicted molar refractivity (Wildman–Crippen MR) is 85.5 cm³/mol. The van der Waals surface area contributed by atoms with Crippen LogP contribution >= 0.6 is 12.6 Å². The van der Waals surface area contributed by atoms with E-state index in [2.05, 4.69) is 45.2 Å². The van der Waals surface area contributed by atoms with E-state index in [-0.39, 0.29) is 0 Å². The van der Waals surface area contributed by atoms with Gasteiger partial charge in [-0.2, -0.15) is 12.6 Å². The fourth-order valence-electron chi connectivity index (χ4n) is 3.52. The van der Waals surface area contributed by atoms with E-state index in [1.54, 1.807) is 0 Å². The lowest BCUT2D eigenvalue weighted by Gasteiger charge is -2.42. The summed E-state index contributed by atoms with van der Waals surface area (Å²) in [6, 6.07) is 0. The zero-order valence-electron chi connectivity index (χ0n) is 12.9. The van der Waals surface area contributed by atoms with Gasteiger partial charge in [-0.1, -0.05) is 40.5 Å². The normalized spacial score (nSPS) is 26.5. The summed E-state index contributed by atoms with van der Waals surface area (Å²) in [5.74, 6) is 2.82. The molecule has 0 N–H and O–H groups in total. The standard InChI is InChI=1S/C16H33NS/c1-5-8-16(13-18,9-6-2)12-17-10-7-14(3)15(4)11-17/h14-15,18H,5-13H2,1-4H3. The van der Waals surface area contributed by atoms with Crippen LogP contribution in [0, 0.1) is 17.3 Å². The highest BCUT2D eigenvalue weighted by atomic mass is 32.1. The first kappa shape index (κ1) is 16.4. The SMILES string of the molecule is CCCC(CS)(CCC)CN1CCC(C)C(C)C1. The first-order valence-electron chi connectivity index (χ1n) is 7.90. The predicted octanol–water partition coefficient (Wildman–Crippen LogP) is 4.48. The van der Waals surface area contributed by atoms with Gasteiger partial charge in [0.1, 0.15) is 0 Å². The van der Waals surface area contributed by atoms with Gasteiger partial charge in [-0.25, -0.2) is 0 Å². The number of hydrogen-bond donors (Lipinski definition) is 1. The third-order valence-electron chi connectivity index (χ3n) is 4.87. The van der Waals surface area contributed by atoms with Crippen LogP contribution in [0.3, 0.4) is 0 Å². The monoisotopic (exact) mass is 271 g/mol. The van der Waals surface area contributed by atoms with Gasteiger partial charge in [0, 0.05) is 13.1 Å². The van der Waals surface area contributed by atoms with E-state index >= 15 is 0 Å². The second-order valence-corrected chi connectivity index (χ2v) is 6.95. The number of rotatable bonds is 7. The summed E-state index contributed by atoms with van der Waals surface area (Å²) in [5.41, 5.74) is 0.465. The van der Waals surface area contributed by atoms with E-state index in [9.17, 15) is 0 Å². The third-order valence-corrected chi connectivity index (χ3v) is 5.54. The van der Waals surface area contributed by atoms with Crippen molar-refractivity contribution >= 4 is 12.6 Å². The van der Waals surface area contributed by atoms with Crippen LogP contribution < -0.4 is 0 Å². The van der Waals surface area contributed by atoms with Gasteiger partial charge in [-0.15, -0.1) is 0 Å². The average molecular weight is 272 g/mol. The lowest BCUT2D eigenvalue weighted by molar-refractivity contribution is 0.0825. The fourth-order valence-corrected chi connectivity index (χ4v) is 3.94. The highest BCUT2D eigenvalue weighted by molar-refractivity contribution is 7.80. The van der Waals surface area contributed by atoms with E-state index in [0.717, 1.165) is 17.6 Å². The van der Waals surface area contributed by atoms with Crippen molar-refractivity contribution in [2.24, 2.45) is 17.3 Å². The van der Waals surface area contributed by atoms with Crippen molar-refractivity contribution in [2.75, 3.05) is 25.4 Å². The Balaban J connectivity index is 2.59. The van der Waals surface area contributed by atoms with Crippen LogP contribution in [0.15, 0.2) is 0 Å². The van der Waals surface area contributed by atoms with Crippen LogP contribution in [-0.4, -0.2) is 30.3 Å². The summed E-state index contributed by atoms with van der Waals surface area (Å²) in [6.45, 7) is 13.3. The molecule has 0 aromatic rings. The summed E-state index contributed by atoms with van der Waals surface area (Å²) in [5, 5.41) is 0. The van der Waals surface area contributed by atoms with E-state index < -0.39 is 0 Å². The Morgan fingerprint density at radius 1 is 1.11 bits per heavy atom. The molecule has 0 saturated carbocycles. The first-order valence-corrected chi connectivity index (χ1v) is 8.53. The molecule has 18 heavy (non-hydrogen) atoms. The Morgan fingerprint density at radius 3 is 2.17 bits per heavy atom. The van der Waals surface area contributed by atoms with E-state index in [1.807, 2.05) is 0 Å². The number of piperidine rings is 1. The molecule has 0 spiro atoms. The molecule has 2 heteroatoms. The summed E-state index contributed by atoms with van der Waals surface area (Å²) in [6.07, 6.45) is 6.64. The van der Waals surface area contributed by atoms with E-state index in [4.69, 9.17) is 0 Å². The zero-order chi connectivity index (χ0) is 13.6. The minimum atomic E-state index is 0.465. The lowest BCUT2D eigenvalue weighted by Crippen LogP contribution is -2.45. The molecule has 0 radical (unpaired) electrons. The number of thiol groups is 1. The Bertz CT molecular complexity index is 223. The second kappa shape index (κ2) is 7.79. The minimum absolute atomic E-state index is 0.465. The highest BCUT2D eigenvalue weighted by Crippen LogP contribution is 2.34. The van der Waals surface area contributed by atoms with Crippen molar-refractivity contribution in [3.05, 3.63) is 0 Å². The Morgan fingerprint density at radius 2 is 1.72 bits per heavy atom. The molecule has 1 saturated heterocycles. The Labute approximate surface area is 120 Å². The van der Waals surface area contributed by atoms with Crippen molar-refractivity contribution in [1.29, 1.82) is 0 Å².